The molecule has 5 rings (SSSR count). The molecule has 3 aromatic heterocycles. The van der Waals surface area contributed by atoms with Crippen molar-refractivity contribution in [2.75, 3.05) is 6.61 Å². The number of hydrogen-bond acceptors (Lipinski definition) is 6. The van der Waals surface area contributed by atoms with Gasteiger partial charge >= 0.3 is 11.9 Å². The molecule has 2 N–H and O–H groups in total. The number of benzene rings is 2. The van der Waals surface area contributed by atoms with E-state index in [0.717, 1.165) is 43.9 Å². The van der Waals surface area contributed by atoms with Gasteiger partial charge in [0.25, 0.3) is 0 Å². The minimum atomic E-state index is -1.08. The first-order valence-corrected chi connectivity index (χ1v) is 12.6. The highest BCUT2D eigenvalue weighted by Gasteiger charge is 2.20. The van der Waals surface area contributed by atoms with Gasteiger partial charge in [0.05, 0.1) is 12.1 Å². The summed E-state index contributed by atoms with van der Waals surface area (Å²) in [6, 6.07) is 13.2. The van der Waals surface area contributed by atoms with Crippen LogP contribution >= 0.6 is 11.3 Å². The van der Waals surface area contributed by atoms with Crippen molar-refractivity contribution in [3.63, 3.8) is 0 Å². The maximum absolute atomic E-state index is 11.5. The summed E-state index contributed by atoms with van der Waals surface area (Å²) >= 11 is 1.57. The van der Waals surface area contributed by atoms with Crippen LogP contribution in [-0.2, 0) is 28.0 Å². The summed E-state index contributed by atoms with van der Waals surface area (Å²) in [6.45, 7) is 6.45. The number of hydrogen-bond donors (Lipinski definition) is 2. The van der Waals surface area contributed by atoms with E-state index in [1.807, 2.05) is 35.0 Å². The summed E-state index contributed by atoms with van der Waals surface area (Å²) in [7, 11) is 0. The summed E-state index contributed by atoms with van der Waals surface area (Å²) < 4.78 is 13.4. The number of carbonyl (C=O) groups is 2. The third-order valence-corrected chi connectivity index (χ3v) is 6.91. The van der Waals surface area contributed by atoms with Crippen molar-refractivity contribution in [2.45, 2.75) is 39.2 Å². The Morgan fingerprint density at radius 2 is 1.89 bits per heavy atom. The van der Waals surface area contributed by atoms with Crippen LogP contribution in [0.25, 0.3) is 32.6 Å². The molecule has 0 radical (unpaired) electrons. The van der Waals surface area contributed by atoms with Crippen molar-refractivity contribution < 1.29 is 29.0 Å². The molecule has 0 aliphatic heterocycles. The Bertz CT molecular complexity index is 1640. The lowest BCUT2D eigenvalue weighted by Crippen LogP contribution is -2.11. The van der Waals surface area contributed by atoms with Crippen LogP contribution in [0.3, 0.4) is 0 Å². The lowest BCUT2D eigenvalue weighted by Gasteiger charge is -2.13. The zero-order valence-corrected chi connectivity index (χ0v) is 21.5. The standard InChI is InChI=1S/C28H26N2O6S/c1-28(2,3)24-15-37-27(29-24)23-9-17-8-16(4-7-22(17)36-23)12-30-13-18(10-25(31)32)20-11-19(5-6-21(20)30)35-14-26(33)34/h4-9,11,13,15H,10,12,14H2,1-3H3,(H,31,32)(H,33,34). The lowest BCUT2D eigenvalue weighted by atomic mass is 9.93. The normalized spacial score (nSPS) is 11.9. The first-order valence-electron chi connectivity index (χ1n) is 11.7. The molecule has 0 bridgehead atoms. The summed E-state index contributed by atoms with van der Waals surface area (Å²) in [5.74, 6) is -0.911. The zero-order valence-electron chi connectivity index (χ0n) is 20.6. The molecule has 37 heavy (non-hydrogen) atoms. The predicted octanol–water partition coefficient (Wildman–Crippen LogP) is 5.95. The highest BCUT2D eigenvalue weighted by Crippen LogP contribution is 2.34. The van der Waals surface area contributed by atoms with Crippen LogP contribution in [0, 0.1) is 0 Å². The Morgan fingerprint density at radius 1 is 1.08 bits per heavy atom. The van der Waals surface area contributed by atoms with Crippen molar-refractivity contribution in [1.82, 2.24) is 9.55 Å². The number of nitrogens with zero attached hydrogens (tertiary/aromatic N) is 2. The van der Waals surface area contributed by atoms with Gasteiger partial charge in [0.15, 0.2) is 17.4 Å². The highest BCUT2D eigenvalue weighted by molar-refractivity contribution is 7.13. The van der Waals surface area contributed by atoms with Crippen LogP contribution in [0.15, 0.2) is 58.5 Å². The average Bonchev–Trinajstić information content (AvgIpc) is 3.54. The summed E-state index contributed by atoms with van der Waals surface area (Å²) in [5, 5.41) is 22.9. The summed E-state index contributed by atoms with van der Waals surface area (Å²) in [5.41, 5.74) is 4.27. The van der Waals surface area contributed by atoms with Gasteiger partial charge in [-0.2, -0.15) is 0 Å². The van der Waals surface area contributed by atoms with Gasteiger partial charge in [0, 0.05) is 39.8 Å². The molecule has 0 unspecified atom stereocenters. The van der Waals surface area contributed by atoms with E-state index in [9.17, 15) is 14.7 Å². The van der Waals surface area contributed by atoms with Crippen molar-refractivity contribution in [3.05, 3.63) is 70.9 Å². The maximum Gasteiger partial charge on any atom is 0.341 e. The Balaban J connectivity index is 1.46. The molecule has 0 saturated carbocycles. The monoisotopic (exact) mass is 518 g/mol. The number of ether oxygens (including phenoxy) is 1. The minimum absolute atomic E-state index is 0.0316. The Hall–Kier alpha value is -4.11. The molecule has 3 heterocycles. The van der Waals surface area contributed by atoms with E-state index in [4.69, 9.17) is 19.2 Å². The van der Waals surface area contributed by atoms with Gasteiger partial charge in [-0.1, -0.05) is 26.8 Å². The van der Waals surface area contributed by atoms with Gasteiger partial charge < -0.3 is 23.9 Å². The van der Waals surface area contributed by atoms with E-state index >= 15 is 0 Å². The van der Waals surface area contributed by atoms with Crippen LogP contribution < -0.4 is 4.74 Å². The van der Waals surface area contributed by atoms with Crippen LogP contribution in [0.2, 0.25) is 0 Å². The summed E-state index contributed by atoms with van der Waals surface area (Å²) in [4.78, 5) is 27.1. The second kappa shape index (κ2) is 9.40. The van der Waals surface area contributed by atoms with E-state index in [1.165, 1.54) is 0 Å². The molecule has 0 atom stereocenters. The van der Waals surface area contributed by atoms with Gasteiger partial charge in [-0.25, -0.2) is 9.78 Å². The molecule has 2 aromatic carbocycles. The van der Waals surface area contributed by atoms with Crippen molar-refractivity contribution >= 4 is 45.1 Å². The number of fused-ring (bicyclic) bond motifs is 2. The molecule has 0 aliphatic carbocycles. The molecule has 0 aliphatic rings. The molecule has 190 valence electrons. The number of thiazole rings is 1. The molecule has 0 amide bonds. The smallest absolute Gasteiger partial charge is 0.341 e. The minimum Gasteiger partial charge on any atom is -0.482 e. The fourth-order valence-corrected chi connectivity index (χ4v) is 5.24. The van der Waals surface area contributed by atoms with E-state index in [-0.39, 0.29) is 11.8 Å². The maximum atomic E-state index is 11.5. The van der Waals surface area contributed by atoms with Gasteiger partial charge in [0.2, 0.25) is 0 Å². The van der Waals surface area contributed by atoms with Crippen LogP contribution in [0.1, 0.15) is 37.6 Å². The van der Waals surface area contributed by atoms with E-state index in [0.29, 0.717) is 17.9 Å². The third kappa shape index (κ3) is 5.22. The first kappa shape index (κ1) is 24.6. The number of carboxylic acid groups (broad SMARTS) is 2. The van der Waals surface area contributed by atoms with Crippen molar-refractivity contribution in [1.29, 1.82) is 0 Å². The number of carboxylic acids is 2. The fourth-order valence-electron chi connectivity index (χ4n) is 4.24. The molecular formula is C28H26N2O6S. The molecule has 0 saturated heterocycles. The molecule has 5 aromatic rings. The first-order chi connectivity index (χ1) is 17.6. The molecular weight excluding hydrogens is 492 g/mol. The van der Waals surface area contributed by atoms with Crippen molar-refractivity contribution in [2.24, 2.45) is 0 Å². The molecule has 0 fully saturated rings. The predicted molar refractivity (Wildman–Crippen MR) is 142 cm³/mol. The largest absolute Gasteiger partial charge is 0.482 e. The molecule has 9 heteroatoms. The lowest BCUT2D eigenvalue weighted by molar-refractivity contribution is -0.139. The van der Waals surface area contributed by atoms with Gasteiger partial charge in [-0.15, -0.1) is 11.3 Å². The van der Waals surface area contributed by atoms with Gasteiger partial charge in [-0.3, -0.25) is 4.79 Å². The Labute approximate surface area is 216 Å². The second-order valence-electron chi connectivity index (χ2n) is 9.98. The topological polar surface area (TPSA) is 115 Å². The average molecular weight is 519 g/mol. The number of rotatable bonds is 8. The van der Waals surface area contributed by atoms with Crippen LogP contribution in [0.4, 0.5) is 0 Å². The fraction of sp³-hybridized carbons (Fsp3) is 0.250. The Kier molecular flexibility index (Phi) is 6.25. The van der Waals surface area contributed by atoms with Gasteiger partial charge in [0.1, 0.15) is 11.3 Å². The quantitative estimate of drug-likeness (QED) is 0.261. The van der Waals surface area contributed by atoms with E-state index in [1.54, 1.807) is 23.5 Å². The van der Waals surface area contributed by atoms with Crippen molar-refractivity contribution in [3.8, 4) is 16.5 Å². The van der Waals surface area contributed by atoms with Crippen LogP contribution in [0.5, 0.6) is 5.75 Å². The number of aliphatic carboxylic acids is 2. The third-order valence-electron chi connectivity index (χ3n) is 6.06. The summed E-state index contributed by atoms with van der Waals surface area (Å²) in [6.07, 6.45) is 1.68. The SMILES string of the molecule is CC(C)(C)c1csc(-c2cc3cc(Cn4cc(CC(=O)O)c5cc(OCC(=O)O)ccc54)ccc3o2)n1. The van der Waals surface area contributed by atoms with Crippen LogP contribution in [-0.4, -0.2) is 38.3 Å². The number of furan rings is 1. The molecule has 0 spiro atoms. The Morgan fingerprint density at radius 3 is 2.59 bits per heavy atom. The van der Waals surface area contributed by atoms with Gasteiger partial charge in [-0.05, 0) is 47.5 Å². The second-order valence-corrected chi connectivity index (χ2v) is 10.8. The highest BCUT2D eigenvalue weighted by atomic mass is 32.1. The number of aromatic nitrogens is 2. The molecule has 8 nitrogen and oxygen atoms in total. The zero-order chi connectivity index (χ0) is 26.3. The van der Waals surface area contributed by atoms with E-state index in [2.05, 4.69) is 32.2 Å². The van der Waals surface area contributed by atoms with E-state index < -0.39 is 18.5 Å².